The van der Waals surface area contributed by atoms with Crippen molar-refractivity contribution in [2.75, 3.05) is 6.61 Å². The van der Waals surface area contributed by atoms with E-state index in [4.69, 9.17) is 16.3 Å². The number of carbonyl (C=O) groups excluding carboxylic acids is 1. The summed E-state index contributed by atoms with van der Waals surface area (Å²) in [6.07, 6.45) is 0. The predicted octanol–water partition coefficient (Wildman–Crippen LogP) is 5.40. The van der Waals surface area contributed by atoms with Crippen LogP contribution in [0.2, 0.25) is 5.02 Å². The summed E-state index contributed by atoms with van der Waals surface area (Å²) in [6, 6.07) is 13.3. The van der Waals surface area contributed by atoms with Crippen LogP contribution in [0.5, 0.6) is 0 Å². The lowest BCUT2D eigenvalue weighted by atomic mass is 10.0. The molecule has 1 N–H and O–H groups in total. The van der Waals surface area contributed by atoms with Crippen molar-refractivity contribution in [3.63, 3.8) is 0 Å². The van der Waals surface area contributed by atoms with Crippen LogP contribution in [0.25, 0.3) is 16.9 Å². The Labute approximate surface area is 180 Å². The molecule has 0 aliphatic rings. The van der Waals surface area contributed by atoms with E-state index >= 15 is 0 Å². The molecule has 0 radical (unpaired) electrons. The van der Waals surface area contributed by atoms with E-state index in [0.29, 0.717) is 22.8 Å². The molecule has 0 unspecified atom stereocenters. The van der Waals surface area contributed by atoms with Gasteiger partial charge in [-0.05, 0) is 76.2 Å². The Morgan fingerprint density at radius 2 is 1.77 bits per heavy atom. The predicted molar refractivity (Wildman–Crippen MR) is 117 cm³/mol. The molecule has 0 atom stereocenters. The Hall–Kier alpha value is -2.70. The molecule has 7 heteroatoms. The zero-order chi connectivity index (χ0) is 21.9. The van der Waals surface area contributed by atoms with Crippen molar-refractivity contribution in [3.05, 3.63) is 70.6 Å². The van der Waals surface area contributed by atoms with Crippen molar-refractivity contribution in [3.8, 4) is 16.9 Å². The molecule has 0 saturated heterocycles. The Bertz CT molecular complexity index is 1020. The zero-order valence-corrected chi connectivity index (χ0v) is 18.3. The van der Waals surface area contributed by atoms with Crippen LogP contribution in [0, 0.1) is 5.82 Å². The Morgan fingerprint density at radius 1 is 1.13 bits per heavy atom. The van der Waals surface area contributed by atoms with E-state index < -0.39 is 5.97 Å². The molecular weight excluding hydrogens is 405 g/mol. The lowest BCUT2D eigenvalue weighted by Gasteiger charge is -2.21. The molecule has 3 aromatic rings. The van der Waals surface area contributed by atoms with Gasteiger partial charge in [0.05, 0.1) is 18.0 Å². The average Bonchev–Trinajstić information content (AvgIpc) is 3.07. The van der Waals surface area contributed by atoms with E-state index in [1.54, 1.807) is 35.9 Å². The van der Waals surface area contributed by atoms with Crippen molar-refractivity contribution in [1.82, 2.24) is 15.1 Å². The van der Waals surface area contributed by atoms with E-state index in [-0.39, 0.29) is 23.7 Å². The number of ether oxygens (including phenoxy) is 1. The molecule has 30 heavy (non-hydrogen) atoms. The van der Waals surface area contributed by atoms with E-state index in [1.807, 2.05) is 32.9 Å². The molecule has 0 amide bonds. The van der Waals surface area contributed by atoms with Gasteiger partial charge in [0.15, 0.2) is 5.69 Å². The molecule has 0 bridgehead atoms. The minimum Gasteiger partial charge on any atom is -0.461 e. The highest BCUT2D eigenvalue weighted by atomic mass is 35.5. The molecule has 0 saturated carbocycles. The van der Waals surface area contributed by atoms with E-state index in [0.717, 1.165) is 11.3 Å². The first kappa shape index (κ1) is 22.0. The minimum absolute atomic E-state index is 0.186. The zero-order valence-electron chi connectivity index (χ0n) is 17.5. The Kier molecular flexibility index (Phi) is 6.58. The number of halogens is 2. The van der Waals surface area contributed by atoms with Crippen molar-refractivity contribution in [2.24, 2.45) is 0 Å². The maximum absolute atomic E-state index is 13.6. The number of hydrogen-bond donors (Lipinski definition) is 1. The number of carbonyl (C=O) groups is 1. The van der Waals surface area contributed by atoms with E-state index in [9.17, 15) is 9.18 Å². The van der Waals surface area contributed by atoms with Crippen LogP contribution in [-0.4, -0.2) is 27.9 Å². The van der Waals surface area contributed by atoms with Crippen molar-refractivity contribution < 1.29 is 13.9 Å². The van der Waals surface area contributed by atoms with Gasteiger partial charge in [-0.2, -0.15) is 5.10 Å². The van der Waals surface area contributed by atoms with Crippen LogP contribution in [-0.2, 0) is 11.3 Å². The number of esters is 1. The first-order valence-electron chi connectivity index (χ1n) is 9.75. The number of hydrogen-bond acceptors (Lipinski definition) is 4. The Balaban J connectivity index is 2.25. The highest BCUT2D eigenvalue weighted by Crippen LogP contribution is 2.31. The van der Waals surface area contributed by atoms with Crippen LogP contribution < -0.4 is 5.32 Å². The second kappa shape index (κ2) is 8.98. The maximum atomic E-state index is 13.6. The first-order valence-corrected chi connectivity index (χ1v) is 10.1. The van der Waals surface area contributed by atoms with Gasteiger partial charge in [-0.3, -0.25) is 0 Å². The van der Waals surface area contributed by atoms with Gasteiger partial charge in [0, 0.05) is 28.2 Å². The highest BCUT2D eigenvalue weighted by molar-refractivity contribution is 6.30. The summed E-state index contributed by atoms with van der Waals surface area (Å²) in [6.45, 7) is 8.50. The summed E-state index contributed by atoms with van der Waals surface area (Å²) in [5, 5.41) is 8.60. The largest absolute Gasteiger partial charge is 0.461 e. The lowest BCUT2D eigenvalue weighted by Crippen LogP contribution is -2.35. The number of nitrogens with zero attached hydrogens (tertiary/aromatic N) is 2. The van der Waals surface area contributed by atoms with Gasteiger partial charge in [-0.25, -0.2) is 13.9 Å². The summed E-state index contributed by atoms with van der Waals surface area (Å²) < 4.78 is 20.5. The molecule has 158 valence electrons. The fourth-order valence-corrected chi connectivity index (χ4v) is 3.13. The molecule has 1 heterocycles. The second-order valence-corrected chi connectivity index (χ2v) is 8.33. The quantitative estimate of drug-likeness (QED) is 0.533. The number of nitrogens with one attached hydrogen (secondary N) is 1. The maximum Gasteiger partial charge on any atom is 0.359 e. The molecule has 1 aromatic heterocycles. The summed E-state index contributed by atoms with van der Waals surface area (Å²) in [7, 11) is 0. The van der Waals surface area contributed by atoms with Crippen LogP contribution in [0.1, 0.15) is 43.7 Å². The summed E-state index contributed by atoms with van der Waals surface area (Å²) in [5.74, 6) is -0.837. The molecule has 0 aliphatic heterocycles. The van der Waals surface area contributed by atoms with Gasteiger partial charge in [-0.1, -0.05) is 11.6 Å². The van der Waals surface area contributed by atoms with E-state index in [2.05, 4.69) is 10.4 Å². The van der Waals surface area contributed by atoms with Crippen LogP contribution in [0.15, 0.2) is 48.5 Å². The molecule has 5 nitrogen and oxygen atoms in total. The van der Waals surface area contributed by atoms with Crippen molar-refractivity contribution in [1.29, 1.82) is 0 Å². The lowest BCUT2D eigenvalue weighted by molar-refractivity contribution is 0.0517. The summed E-state index contributed by atoms with van der Waals surface area (Å²) in [4.78, 5) is 12.7. The van der Waals surface area contributed by atoms with Crippen LogP contribution in [0.4, 0.5) is 4.39 Å². The van der Waals surface area contributed by atoms with Crippen molar-refractivity contribution in [2.45, 2.75) is 39.8 Å². The van der Waals surface area contributed by atoms with Gasteiger partial charge in [0.25, 0.3) is 0 Å². The number of rotatable bonds is 6. The van der Waals surface area contributed by atoms with E-state index in [1.165, 1.54) is 12.1 Å². The number of benzene rings is 2. The smallest absolute Gasteiger partial charge is 0.359 e. The third-order valence-electron chi connectivity index (χ3n) is 4.44. The second-order valence-electron chi connectivity index (χ2n) is 7.89. The molecule has 0 spiro atoms. The fraction of sp³-hybridized carbons (Fsp3) is 0.304. The summed E-state index contributed by atoms with van der Waals surface area (Å²) >= 11 is 6.05. The monoisotopic (exact) mass is 429 g/mol. The molecular formula is C23H25ClFN3O2. The minimum atomic E-state index is -0.501. The third kappa shape index (κ3) is 5.07. The SMILES string of the molecule is CCOC(=O)c1nn(-c2ccc(Cl)cc2)c(-c2ccc(F)cc2)c1CNC(C)(C)C. The summed E-state index contributed by atoms with van der Waals surface area (Å²) in [5.41, 5.74) is 2.88. The van der Waals surface area contributed by atoms with Gasteiger partial charge in [0.2, 0.25) is 0 Å². The topological polar surface area (TPSA) is 56.1 Å². The first-order chi connectivity index (χ1) is 14.2. The van der Waals surface area contributed by atoms with Gasteiger partial charge in [0.1, 0.15) is 5.82 Å². The number of aromatic nitrogens is 2. The van der Waals surface area contributed by atoms with Gasteiger partial charge in [-0.15, -0.1) is 0 Å². The third-order valence-corrected chi connectivity index (χ3v) is 4.69. The highest BCUT2D eigenvalue weighted by Gasteiger charge is 2.26. The average molecular weight is 430 g/mol. The molecule has 0 aliphatic carbocycles. The molecule has 0 fully saturated rings. The van der Waals surface area contributed by atoms with Gasteiger partial charge < -0.3 is 10.1 Å². The fourth-order valence-electron chi connectivity index (χ4n) is 3.01. The Morgan fingerprint density at radius 3 is 2.33 bits per heavy atom. The van der Waals surface area contributed by atoms with Crippen molar-refractivity contribution >= 4 is 17.6 Å². The molecule has 2 aromatic carbocycles. The normalized spacial score (nSPS) is 11.5. The van der Waals surface area contributed by atoms with Crippen LogP contribution in [0.3, 0.4) is 0 Å². The molecule has 3 rings (SSSR count). The standard InChI is InChI=1S/C23H25ClFN3O2/c1-5-30-22(29)20-19(14-26-23(2,3)4)21(15-6-10-17(25)11-7-15)28(27-20)18-12-8-16(24)9-13-18/h6-13,26H,5,14H2,1-4H3. The van der Waals surface area contributed by atoms with Gasteiger partial charge >= 0.3 is 5.97 Å². The van der Waals surface area contributed by atoms with Crippen LogP contribution >= 0.6 is 11.6 Å².